The van der Waals surface area contributed by atoms with Gasteiger partial charge in [-0.3, -0.25) is 4.79 Å². The predicted molar refractivity (Wildman–Crippen MR) is 107 cm³/mol. The Bertz CT molecular complexity index is 753. The van der Waals surface area contributed by atoms with E-state index < -0.39 is 11.9 Å². The molecule has 3 rings (SSSR count). The minimum absolute atomic E-state index is 0. The highest BCUT2D eigenvalue weighted by molar-refractivity contribution is 6.32. The van der Waals surface area contributed by atoms with Gasteiger partial charge in [0.2, 0.25) is 6.10 Å². The van der Waals surface area contributed by atoms with Gasteiger partial charge in [-0.2, -0.15) is 0 Å². The molecule has 27 heavy (non-hydrogen) atoms. The lowest BCUT2D eigenvalue weighted by atomic mass is 10.0. The molecule has 146 valence electrons. The molecule has 1 saturated heterocycles. The number of carbonyl (C=O) groups is 1. The highest BCUT2D eigenvalue weighted by atomic mass is 35.5. The van der Waals surface area contributed by atoms with Crippen LogP contribution in [0.3, 0.4) is 0 Å². The zero-order valence-electron chi connectivity index (χ0n) is 15.0. The molecule has 4 nitrogen and oxygen atoms in total. The van der Waals surface area contributed by atoms with E-state index in [1.54, 1.807) is 0 Å². The Labute approximate surface area is 170 Å². The number of halogens is 3. The van der Waals surface area contributed by atoms with Crippen molar-refractivity contribution in [3.8, 4) is 5.75 Å². The molecule has 0 bridgehead atoms. The summed E-state index contributed by atoms with van der Waals surface area (Å²) in [4.78, 5) is 15.0. The number of piperidine rings is 1. The van der Waals surface area contributed by atoms with E-state index in [0.29, 0.717) is 24.9 Å². The summed E-state index contributed by atoms with van der Waals surface area (Å²) in [5.74, 6) is -0.259. The Kier molecular flexibility index (Phi) is 7.90. The van der Waals surface area contributed by atoms with Crippen molar-refractivity contribution in [3.63, 3.8) is 0 Å². The molecule has 1 aliphatic heterocycles. The van der Waals surface area contributed by atoms with Crippen molar-refractivity contribution in [2.75, 3.05) is 20.1 Å². The fraction of sp³-hybridized carbons (Fsp3) is 0.350. The average molecular weight is 413 g/mol. The van der Waals surface area contributed by atoms with E-state index in [9.17, 15) is 9.18 Å². The van der Waals surface area contributed by atoms with E-state index in [1.165, 1.54) is 18.2 Å². The Hall–Kier alpha value is -1.82. The van der Waals surface area contributed by atoms with Crippen LogP contribution in [0.5, 0.6) is 5.75 Å². The Morgan fingerprint density at radius 1 is 1.22 bits per heavy atom. The molecule has 0 aromatic heterocycles. The van der Waals surface area contributed by atoms with E-state index in [1.807, 2.05) is 42.3 Å². The molecule has 1 N–H and O–H groups in total. The molecule has 1 aliphatic rings. The van der Waals surface area contributed by atoms with Crippen LogP contribution in [-0.4, -0.2) is 37.0 Å². The molecule has 1 unspecified atom stereocenters. The third-order valence-electron chi connectivity index (χ3n) is 4.68. The highest BCUT2D eigenvalue weighted by Gasteiger charge is 2.31. The summed E-state index contributed by atoms with van der Waals surface area (Å²) in [6, 6.07) is 13.6. The predicted octanol–water partition coefficient (Wildman–Crippen LogP) is 4.23. The van der Waals surface area contributed by atoms with Crippen molar-refractivity contribution in [2.24, 2.45) is 0 Å². The van der Waals surface area contributed by atoms with E-state index in [4.69, 9.17) is 16.3 Å². The molecular formula is C20H23Cl2FN2O2. The van der Waals surface area contributed by atoms with Gasteiger partial charge in [-0.1, -0.05) is 41.9 Å². The number of amides is 1. The summed E-state index contributed by atoms with van der Waals surface area (Å²) >= 11 is 6.09. The SMILES string of the molecule is CNC1CCN(C(=O)C(Oc2ccc(F)cc2Cl)c2ccccc2)CC1.Cl. The topological polar surface area (TPSA) is 41.6 Å². The second kappa shape index (κ2) is 9.93. The number of hydrogen-bond donors (Lipinski definition) is 1. The largest absolute Gasteiger partial charge is 0.474 e. The van der Waals surface area contributed by atoms with Gasteiger partial charge in [0.15, 0.2) is 0 Å². The molecular weight excluding hydrogens is 390 g/mol. The maximum atomic E-state index is 13.3. The van der Waals surface area contributed by atoms with Gasteiger partial charge in [0.25, 0.3) is 5.91 Å². The number of likely N-dealkylation sites (tertiary alicyclic amines) is 1. The molecule has 1 amide bonds. The lowest BCUT2D eigenvalue weighted by Gasteiger charge is -2.34. The number of ether oxygens (including phenoxy) is 1. The van der Waals surface area contributed by atoms with Gasteiger partial charge in [0, 0.05) is 24.7 Å². The summed E-state index contributed by atoms with van der Waals surface area (Å²) in [5, 5.41) is 3.40. The third-order valence-corrected chi connectivity index (χ3v) is 4.98. The Morgan fingerprint density at radius 2 is 1.89 bits per heavy atom. The number of hydrogen-bond acceptors (Lipinski definition) is 3. The second-order valence-electron chi connectivity index (χ2n) is 6.37. The van der Waals surface area contributed by atoms with Gasteiger partial charge < -0.3 is 15.0 Å². The molecule has 0 spiro atoms. The van der Waals surface area contributed by atoms with E-state index in [0.717, 1.165) is 18.4 Å². The smallest absolute Gasteiger partial charge is 0.268 e. The van der Waals surface area contributed by atoms with Crippen LogP contribution in [0.1, 0.15) is 24.5 Å². The summed E-state index contributed by atoms with van der Waals surface area (Å²) in [5.41, 5.74) is 0.744. The van der Waals surface area contributed by atoms with E-state index >= 15 is 0 Å². The lowest BCUT2D eigenvalue weighted by Crippen LogP contribution is -2.46. The van der Waals surface area contributed by atoms with Crippen molar-refractivity contribution in [3.05, 3.63) is 64.9 Å². The molecule has 1 heterocycles. The molecule has 2 aromatic carbocycles. The van der Waals surface area contributed by atoms with Crippen LogP contribution < -0.4 is 10.1 Å². The van der Waals surface area contributed by atoms with Crippen molar-refractivity contribution in [1.82, 2.24) is 10.2 Å². The molecule has 1 fully saturated rings. The summed E-state index contributed by atoms with van der Waals surface area (Å²) in [7, 11) is 1.94. The van der Waals surface area contributed by atoms with Gasteiger partial charge in [-0.25, -0.2) is 4.39 Å². The lowest BCUT2D eigenvalue weighted by molar-refractivity contribution is -0.140. The normalized spacial score (nSPS) is 15.7. The van der Waals surface area contributed by atoms with E-state index in [-0.39, 0.29) is 23.3 Å². The fourth-order valence-electron chi connectivity index (χ4n) is 3.14. The van der Waals surface area contributed by atoms with Crippen molar-refractivity contribution in [2.45, 2.75) is 25.0 Å². The number of nitrogens with zero attached hydrogens (tertiary/aromatic N) is 1. The fourth-order valence-corrected chi connectivity index (χ4v) is 3.35. The first-order valence-electron chi connectivity index (χ1n) is 8.71. The van der Waals surface area contributed by atoms with Crippen LogP contribution in [0.4, 0.5) is 4.39 Å². The van der Waals surface area contributed by atoms with Gasteiger partial charge in [-0.15, -0.1) is 12.4 Å². The Balaban J connectivity index is 0.00000261. The molecule has 0 radical (unpaired) electrons. The first-order chi connectivity index (χ1) is 12.6. The quantitative estimate of drug-likeness (QED) is 0.798. The zero-order valence-corrected chi connectivity index (χ0v) is 16.6. The summed E-state index contributed by atoms with van der Waals surface area (Å²) in [6.07, 6.45) is 0.993. The first kappa shape index (κ1) is 21.5. The molecule has 0 aliphatic carbocycles. The summed E-state index contributed by atoms with van der Waals surface area (Å²) < 4.78 is 19.3. The second-order valence-corrected chi connectivity index (χ2v) is 6.78. The van der Waals surface area contributed by atoms with Crippen LogP contribution in [0.2, 0.25) is 5.02 Å². The molecule has 7 heteroatoms. The van der Waals surface area contributed by atoms with Gasteiger partial charge in [0.05, 0.1) is 5.02 Å². The third kappa shape index (κ3) is 5.34. The monoisotopic (exact) mass is 412 g/mol. The maximum absolute atomic E-state index is 13.3. The first-order valence-corrected chi connectivity index (χ1v) is 9.09. The van der Waals surface area contributed by atoms with Crippen LogP contribution in [0.15, 0.2) is 48.5 Å². The Morgan fingerprint density at radius 3 is 2.48 bits per heavy atom. The minimum atomic E-state index is -0.815. The maximum Gasteiger partial charge on any atom is 0.268 e. The average Bonchev–Trinajstić information content (AvgIpc) is 2.68. The van der Waals surface area contributed by atoms with Gasteiger partial charge >= 0.3 is 0 Å². The number of carbonyl (C=O) groups excluding carboxylic acids is 1. The highest BCUT2D eigenvalue weighted by Crippen LogP contribution is 2.31. The molecule has 2 aromatic rings. The standard InChI is InChI=1S/C20H22ClFN2O2.ClH/c1-23-16-9-11-24(12-10-16)20(25)19(14-5-3-2-4-6-14)26-18-8-7-15(22)13-17(18)21;/h2-8,13,16,19,23H,9-12H2,1H3;1H. The van der Waals surface area contributed by atoms with Crippen LogP contribution >= 0.6 is 24.0 Å². The van der Waals surface area contributed by atoms with Gasteiger partial charge in [-0.05, 0) is 38.1 Å². The van der Waals surface area contributed by atoms with Crippen LogP contribution in [0, 0.1) is 5.82 Å². The zero-order chi connectivity index (χ0) is 18.5. The van der Waals surface area contributed by atoms with Crippen LogP contribution in [0.25, 0.3) is 0 Å². The van der Waals surface area contributed by atoms with Crippen molar-refractivity contribution >= 4 is 29.9 Å². The molecule has 0 saturated carbocycles. The van der Waals surface area contributed by atoms with Crippen LogP contribution in [-0.2, 0) is 4.79 Å². The summed E-state index contributed by atoms with van der Waals surface area (Å²) in [6.45, 7) is 1.35. The van der Waals surface area contributed by atoms with Gasteiger partial charge in [0.1, 0.15) is 11.6 Å². The van der Waals surface area contributed by atoms with Crippen molar-refractivity contribution in [1.29, 1.82) is 0 Å². The number of rotatable bonds is 5. The minimum Gasteiger partial charge on any atom is -0.474 e. The number of benzene rings is 2. The number of nitrogens with one attached hydrogen (secondary N) is 1. The van der Waals surface area contributed by atoms with E-state index in [2.05, 4.69) is 5.32 Å². The van der Waals surface area contributed by atoms with Crippen molar-refractivity contribution < 1.29 is 13.9 Å². The molecule has 1 atom stereocenters.